The molecule has 0 aliphatic rings. The molecular weight excluding hydrogens is 187 g/mol. The summed E-state index contributed by atoms with van der Waals surface area (Å²) in [5, 5.41) is 0. The first-order valence-corrected chi connectivity index (χ1v) is 1.71. The van der Waals surface area contributed by atoms with Crippen molar-refractivity contribution in [2.75, 3.05) is 0 Å². The van der Waals surface area contributed by atoms with Crippen molar-refractivity contribution in [2.45, 2.75) is 19.8 Å². The van der Waals surface area contributed by atoms with Crippen LogP contribution in [0.25, 0.3) is 0 Å². The Bertz CT molecular complexity index is 5.61. The molecule has 0 atom stereocenters. The van der Waals surface area contributed by atoms with Gasteiger partial charge in [-0.1, -0.05) is 26.7 Å². The van der Waals surface area contributed by atoms with Gasteiger partial charge in [0, 0.05) is 35.6 Å². The van der Waals surface area contributed by atoms with Crippen LogP contribution < -0.4 is 0 Å². The summed E-state index contributed by atoms with van der Waals surface area (Å²) in [4.78, 5) is 0. The van der Waals surface area contributed by atoms with Crippen LogP contribution in [0, 0.1) is 42.5 Å². The van der Waals surface area contributed by atoms with Gasteiger partial charge in [0.1, 0.15) is 0 Å². The van der Waals surface area contributed by atoms with Gasteiger partial charge in [-0.25, -0.2) is 0 Å². The normalized spacial score (nSPS) is 6.00. The largest absolute Gasteiger partial charge is 0.0654 e. The summed E-state index contributed by atoms with van der Waals surface area (Å²) in [6.07, 6.45) is 2.28. The molecule has 0 bridgehead atoms. The van der Waals surface area contributed by atoms with Crippen molar-refractivity contribution in [1.29, 1.82) is 0 Å². The maximum atomic E-state index is 3.60. The second kappa shape index (κ2) is 8.96. The first kappa shape index (κ1) is 9.50. The minimum Gasteiger partial charge on any atom is -0.0654 e. The van der Waals surface area contributed by atoms with E-state index in [1.165, 1.54) is 6.42 Å². The van der Waals surface area contributed by atoms with Gasteiger partial charge in [0.15, 0.2) is 0 Å². The zero-order valence-electron chi connectivity index (χ0n) is 3.70. The van der Waals surface area contributed by atoms with Crippen molar-refractivity contribution in [2.24, 2.45) is 0 Å². The third-order valence-electron chi connectivity index (χ3n) is 0.354. The predicted molar refractivity (Wildman–Crippen MR) is 20.3 cm³/mol. The van der Waals surface area contributed by atoms with E-state index in [9.17, 15) is 0 Å². The Hall–Kier alpha value is 1.19. The Kier molecular flexibility index (Phi) is 17.0. The quantitative estimate of drug-likeness (QED) is 0.597. The molecule has 5 heavy (non-hydrogen) atoms. The van der Waals surface area contributed by atoms with Crippen molar-refractivity contribution in [1.82, 2.24) is 0 Å². The fraction of sp³-hybridized carbons (Fsp3) is 0.750. The zero-order chi connectivity index (χ0) is 3.41. The Morgan fingerprint density at radius 2 is 1.80 bits per heavy atom. The van der Waals surface area contributed by atoms with E-state index >= 15 is 0 Å². The smallest absolute Gasteiger partial charge is 0 e. The molecule has 0 spiro atoms. The van der Waals surface area contributed by atoms with E-state index in [0.29, 0.717) is 0 Å². The van der Waals surface area contributed by atoms with E-state index < -0.39 is 0 Å². The molecule has 0 aromatic carbocycles. The molecule has 2 radical (unpaired) electrons. The average molecular weight is 196 g/mol. The van der Waals surface area contributed by atoms with E-state index in [2.05, 4.69) is 13.8 Å². The van der Waals surface area contributed by atoms with Crippen LogP contribution in [0.3, 0.4) is 0 Å². The monoisotopic (exact) mass is 196 g/mol. The van der Waals surface area contributed by atoms with E-state index in [1.807, 2.05) is 0 Å². The number of hydrogen-bond donors (Lipinski definition) is 0. The third-order valence-corrected chi connectivity index (χ3v) is 0.354. The van der Waals surface area contributed by atoms with Gasteiger partial charge in [-0.05, 0) is 0 Å². The SMILES string of the molecule is [CH2]CCC.[La]. The van der Waals surface area contributed by atoms with E-state index in [1.54, 1.807) is 0 Å². The van der Waals surface area contributed by atoms with Crippen LogP contribution in [0.2, 0.25) is 0 Å². The van der Waals surface area contributed by atoms with Gasteiger partial charge in [-0.15, -0.1) is 0 Å². The molecule has 0 saturated carbocycles. The standard InChI is InChI=1S/C4H9.La/c1-3-4-2;/h1,3-4H2,2H3;. The van der Waals surface area contributed by atoms with Crippen molar-refractivity contribution < 1.29 is 35.6 Å². The van der Waals surface area contributed by atoms with Gasteiger partial charge in [0.25, 0.3) is 0 Å². The molecule has 0 saturated heterocycles. The van der Waals surface area contributed by atoms with Crippen LogP contribution in [0.5, 0.6) is 0 Å². The van der Waals surface area contributed by atoms with Gasteiger partial charge >= 0.3 is 0 Å². The molecule has 0 rings (SSSR count). The van der Waals surface area contributed by atoms with Crippen LogP contribution in [0.4, 0.5) is 0 Å². The molecule has 1 heteroatoms. The average Bonchev–Trinajstić information content (AvgIpc) is 1.37. The van der Waals surface area contributed by atoms with Crippen LogP contribution >= 0.6 is 0 Å². The minimum absolute atomic E-state index is 0. The summed E-state index contributed by atoms with van der Waals surface area (Å²) in [6.45, 7) is 5.72. The number of hydrogen-bond acceptors (Lipinski definition) is 0. The molecule has 0 unspecified atom stereocenters. The first-order chi connectivity index (χ1) is 1.91. The molecule has 0 amide bonds. The molecule has 0 N–H and O–H groups in total. The summed E-state index contributed by atoms with van der Waals surface area (Å²) < 4.78 is 0. The van der Waals surface area contributed by atoms with Crippen molar-refractivity contribution in [3.05, 3.63) is 6.92 Å². The topological polar surface area (TPSA) is 0 Å². The fourth-order valence-electron chi connectivity index (χ4n) is 0. The molecular formula is C4H9La. The summed E-state index contributed by atoms with van der Waals surface area (Å²) in [6, 6.07) is 0. The van der Waals surface area contributed by atoms with Gasteiger partial charge in [-0.2, -0.15) is 0 Å². The van der Waals surface area contributed by atoms with E-state index in [4.69, 9.17) is 0 Å². The first-order valence-electron chi connectivity index (χ1n) is 1.71. The summed E-state index contributed by atoms with van der Waals surface area (Å²) in [5.41, 5.74) is 0. The number of unbranched alkanes of at least 4 members (excludes halogenated alkanes) is 1. The van der Waals surface area contributed by atoms with Crippen molar-refractivity contribution >= 4 is 0 Å². The molecule has 0 heterocycles. The van der Waals surface area contributed by atoms with Crippen LogP contribution in [-0.4, -0.2) is 0 Å². The van der Waals surface area contributed by atoms with Gasteiger partial charge in [0.05, 0.1) is 0 Å². The summed E-state index contributed by atoms with van der Waals surface area (Å²) >= 11 is 0. The van der Waals surface area contributed by atoms with Gasteiger partial charge < -0.3 is 0 Å². The van der Waals surface area contributed by atoms with E-state index in [0.717, 1.165) is 6.42 Å². The Labute approximate surface area is 61.9 Å². The maximum absolute atomic E-state index is 3.60. The summed E-state index contributed by atoms with van der Waals surface area (Å²) in [7, 11) is 0. The predicted octanol–water partition coefficient (Wildman–Crippen LogP) is 1.62. The minimum atomic E-state index is 0. The molecule has 28 valence electrons. The molecule has 0 aromatic rings. The van der Waals surface area contributed by atoms with Crippen molar-refractivity contribution in [3.8, 4) is 0 Å². The second-order valence-corrected chi connectivity index (χ2v) is 0.854. The Balaban J connectivity index is 0. The second-order valence-electron chi connectivity index (χ2n) is 0.854. The van der Waals surface area contributed by atoms with Crippen LogP contribution in [0.1, 0.15) is 19.8 Å². The van der Waals surface area contributed by atoms with Gasteiger partial charge in [-0.3, -0.25) is 0 Å². The molecule has 0 aliphatic carbocycles. The number of rotatable bonds is 1. The molecule has 0 aliphatic heterocycles. The zero-order valence-corrected chi connectivity index (χ0v) is 7.32. The summed E-state index contributed by atoms with van der Waals surface area (Å²) in [5.74, 6) is 0. The molecule has 0 nitrogen and oxygen atoms in total. The molecule has 0 fully saturated rings. The fourth-order valence-corrected chi connectivity index (χ4v) is 0. The van der Waals surface area contributed by atoms with Crippen LogP contribution in [-0.2, 0) is 0 Å². The third kappa shape index (κ3) is 11.0. The van der Waals surface area contributed by atoms with Gasteiger partial charge in [0.2, 0.25) is 0 Å². The maximum Gasteiger partial charge on any atom is 0 e. The van der Waals surface area contributed by atoms with Crippen LogP contribution in [0.15, 0.2) is 0 Å². The van der Waals surface area contributed by atoms with E-state index in [-0.39, 0.29) is 35.6 Å². The van der Waals surface area contributed by atoms with Crippen molar-refractivity contribution in [3.63, 3.8) is 0 Å². The Morgan fingerprint density at radius 1 is 1.60 bits per heavy atom. The molecule has 0 aromatic heterocycles. The Morgan fingerprint density at radius 3 is 1.80 bits per heavy atom.